The third-order valence-corrected chi connectivity index (χ3v) is 2.04. The van der Waals surface area contributed by atoms with Gasteiger partial charge in [-0.15, -0.1) is 5.10 Å². The number of nitrogens with one attached hydrogen (secondary N) is 1. The fraction of sp³-hybridized carbons (Fsp3) is 0.250. The van der Waals surface area contributed by atoms with Crippen molar-refractivity contribution in [2.75, 3.05) is 12.4 Å². The van der Waals surface area contributed by atoms with Crippen molar-refractivity contribution < 1.29 is 23.1 Å². The van der Waals surface area contributed by atoms with Gasteiger partial charge in [-0.3, -0.25) is 0 Å². The summed E-state index contributed by atoms with van der Waals surface area (Å²) >= 11 is 0. The zero-order chi connectivity index (χ0) is 13.5. The minimum atomic E-state index is -4.72. The molecule has 2 heterocycles. The van der Waals surface area contributed by atoms with Crippen LogP contribution in [0.5, 0.6) is 0 Å². The molecule has 96 valence electrons. The maximum Gasteiger partial charge on any atom is 0.453 e. The molecule has 0 aliphatic rings. The quantitative estimate of drug-likeness (QED) is 0.833. The fourth-order valence-corrected chi connectivity index (χ4v) is 1.28. The lowest BCUT2D eigenvalue weighted by Crippen LogP contribution is -2.09. The van der Waals surface area contributed by atoms with Crippen molar-refractivity contribution in [1.29, 1.82) is 0 Å². The Bertz CT molecular complexity index is 621. The van der Waals surface area contributed by atoms with E-state index in [0.717, 1.165) is 10.6 Å². The third-order valence-electron chi connectivity index (χ3n) is 2.04. The lowest BCUT2D eigenvalue weighted by Gasteiger charge is -2.03. The van der Waals surface area contributed by atoms with E-state index in [0.29, 0.717) is 0 Å². The highest BCUT2D eigenvalue weighted by Gasteiger charge is 2.37. The largest absolute Gasteiger partial charge is 0.477 e. The van der Waals surface area contributed by atoms with Crippen molar-refractivity contribution in [3.05, 3.63) is 17.6 Å². The Kier molecular flexibility index (Phi) is 2.56. The summed E-state index contributed by atoms with van der Waals surface area (Å²) in [6.45, 7) is 0. The number of anilines is 1. The number of alkyl halides is 3. The molecule has 0 aliphatic carbocycles. The van der Waals surface area contributed by atoms with E-state index in [1.54, 1.807) is 0 Å². The van der Waals surface area contributed by atoms with E-state index in [9.17, 15) is 18.0 Å². The summed E-state index contributed by atoms with van der Waals surface area (Å²) in [5.41, 5.74) is -0.423. The highest BCUT2D eigenvalue weighted by Crippen LogP contribution is 2.27. The number of carboxylic acid groups (broad SMARTS) is 1. The number of rotatable bonds is 2. The van der Waals surface area contributed by atoms with Crippen LogP contribution in [0.15, 0.2) is 6.07 Å². The maximum absolute atomic E-state index is 12.4. The molecule has 0 atom stereocenters. The topological polar surface area (TPSA) is 92.4 Å². The molecule has 0 saturated carbocycles. The van der Waals surface area contributed by atoms with Gasteiger partial charge in [0.2, 0.25) is 0 Å². The van der Waals surface area contributed by atoms with E-state index in [2.05, 4.69) is 20.4 Å². The third kappa shape index (κ3) is 1.92. The van der Waals surface area contributed by atoms with E-state index in [1.807, 2.05) is 0 Å². The van der Waals surface area contributed by atoms with Gasteiger partial charge in [0.25, 0.3) is 11.6 Å². The lowest BCUT2D eigenvalue weighted by molar-refractivity contribution is -0.144. The number of hydrogen-bond donors (Lipinski definition) is 2. The molecule has 0 saturated heterocycles. The minimum Gasteiger partial charge on any atom is -0.477 e. The minimum absolute atomic E-state index is 0.0420. The van der Waals surface area contributed by atoms with Crippen LogP contribution in [-0.4, -0.2) is 37.7 Å². The number of carbonyl (C=O) groups is 1. The number of aromatic carboxylic acids is 1. The summed E-state index contributed by atoms with van der Waals surface area (Å²) in [4.78, 5) is 17.4. The maximum atomic E-state index is 12.4. The van der Waals surface area contributed by atoms with Gasteiger partial charge >= 0.3 is 12.1 Å². The van der Waals surface area contributed by atoms with Crippen molar-refractivity contribution in [3.8, 4) is 0 Å². The van der Waals surface area contributed by atoms with Gasteiger partial charge in [-0.05, 0) is 0 Å². The molecule has 2 aromatic rings. The first-order valence-corrected chi connectivity index (χ1v) is 4.59. The second-order valence-corrected chi connectivity index (χ2v) is 3.23. The predicted octanol–water partition coefficient (Wildman–Crippen LogP) is 0.883. The summed E-state index contributed by atoms with van der Waals surface area (Å²) in [5, 5.41) is 14.5. The molecule has 18 heavy (non-hydrogen) atoms. The second-order valence-electron chi connectivity index (χ2n) is 3.23. The number of carboxylic acids is 1. The number of nitrogens with zero attached hydrogens (tertiary/aromatic N) is 4. The van der Waals surface area contributed by atoms with Crippen molar-refractivity contribution in [3.63, 3.8) is 0 Å². The summed E-state index contributed by atoms with van der Waals surface area (Å²) < 4.78 is 38.0. The van der Waals surface area contributed by atoms with Crippen LogP contribution >= 0.6 is 0 Å². The van der Waals surface area contributed by atoms with Crippen molar-refractivity contribution in [2.45, 2.75) is 6.18 Å². The van der Waals surface area contributed by atoms with Gasteiger partial charge in [0.1, 0.15) is 5.82 Å². The van der Waals surface area contributed by atoms with Gasteiger partial charge in [-0.2, -0.15) is 22.7 Å². The standard InChI is InChI=1S/C8H6F3N5O2/c1-12-4-2-3(5(17)18)13-7-14-6(8(9,10)11)15-16(4)7/h2,12H,1H3,(H,17,18). The molecule has 0 spiro atoms. The average Bonchev–Trinajstić information content (AvgIpc) is 2.70. The molecule has 0 fully saturated rings. The van der Waals surface area contributed by atoms with Gasteiger partial charge in [-0.1, -0.05) is 0 Å². The van der Waals surface area contributed by atoms with Crippen LogP contribution in [0, 0.1) is 0 Å². The van der Waals surface area contributed by atoms with Gasteiger partial charge in [0.15, 0.2) is 5.69 Å². The molecule has 0 amide bonds. The molecule has 2 aromatic heterocycles. The number of halogens is 3. The zero-order valence-corrected chi connectivity index (χ0v) is 8.86. The molecule has 0 aliphatic heterocycles. The van der Waals surface area contributed by atoms with E-state index in [1.165, 1.54) is 7.05 Å². The summed E-state index contributed by atoms with van der Waals surface area (Å²) in [6.07, 6.45) is -4.72. The van der Waals surface area contributed by atoms with Gasteiger partial charge in [-0.25, -0.2) is 9.78 Å². The van der Waals surface area contributed by atoms with Gasteiger partial charge in [0.05, 0.1) is 0 Å². The molecular weight excluding hydrogens is 255 g/mol. The second kappa shape index (κ2) is 3.82. The summed E-state index contributed by atoms with van der Waals surface area (Å²) in [7, 11) is 1.41. The smallest absolute Gasteiger partial charge is 0.453 e. The van der Waals surface area contributed by atoms with Crippen LogP contribution in [-0.2, 0) is 6.18 Å². The first-order chi connectivity index (χ1) is 8.32. The zero-order valence-electron chi connectivity index (χ0n) is 8.86. The SMILES string of the molecule is CNc1cc(C(=O)O)nc2nc(C(F)(F)F)nn12. The Hall–Kier alpha value is -2.39. The molecule has 0 bridgehead atoms. The lowest BCUT2D eigenvalue weighted by atomic mass is 10.4. The van der Waals surface area contributed by atoms with Crippen LogP contribution in [0.3, 0.4) is 0 Å². The van der Waals surface area contributed by atoms with Gasteiger partial charge in [0, 0.05) is 13.1 Å². The fourth-order valence-electron chi connectivity index (χ4n) is 1.28. The molecule has 10 heteroatoms. The van der Waals surface area contributed by atoms with Crippen molar-refractivity contribution in [2.24, 2.45) is 0 Å². The van der Waals surface area contributed by atoms with Crippen molar-refractivity contribution in [1.82, 2.24) is 19.6 Å². The molecule has 0 unspecified atom stereocenters. The average molecular weight is 261 g/mol. The molecule has 0 radical (unpaired) electrons. The molecule has 2 rings (SSSR count). The molecule has 7 nitrogen and oxygen atoms in total. The van der Waals surface area contributed by atoms with Crippen molar-refractivity contribution >= 4 is 17.6 Å². The van der Waals surface area contributed by atoms with Crippen LogP contribution < -0.4 is 5.32 Å². The number of fused-ring (bicyclic) bond motifs is 1. The van der Waals surface area contributed by atoms with Crippen LogP contribution in [0.1, 0.15) is 16.3 Å². The predicted molar refractivity (Wildman–Crippen MR) is 52.3 cm³/mol. The van der Waals surface area contributed by atoms with Crippen LogP contribution in [0.2, 0.25) is 0 Å². The highest BCUT2D eigenvalue weighted by molar-refractivity contribution is 5.86. The Labute approximate surface area is 97.3 Å². The Morgan fingerprint density at radius 1 is 1.44 bits per heavy atom. The normalized spacial score (nSPS) is 11.8. The van der Waals surface area contributed by atoms with Gasteiger partial charge < -0.3 is 10.4 Å². The first kappa shape index (κ1) is 12.1. The van der Waals surface area contributed by atoms with E-state index in [4.69, 9.17) is 5.11 Å². The Morgan fingerprint density at radius 2 is 2.11 bits per heavy atom. The number of hydrogen-bond acceptors (Lipinski definition) is 5. The Morgan fingerprint density at radius 3 is 2.61 bits per heavy atom. The molecular formula is C8H6F3N5O2. The monoisotopic (exact) mass is 261 g/mol. The van der Waals surface area contributed by atoms with Crippen LogP contribution in [0.25, 0.3) is 5.78 Å². The van der Waals surface area contributed by atoms with E-state index in [-0.39, 0.29) is 5.82 Å². The Balaban J connectivity index is 2.71. The van der Waals surface area contributed by atoms with Crippen LogP contribution in [0.4, 0.5) is 19.0 Å². The van der Waals surface area contributed by atoms with E-state index < -0.39 is 29.4 Å². The summed E-state index contributed by atoms with van der Waals surface area (Å²) in [5.74, 6) is -3.15. The highest BCUT2D eigenvalue weighted by atomic mass is 19.4. The first-order valence-electron chi connectivity index (χ1n) is 4.59. The molecule has 0 aromatic carbocycles. The number of aromatic nitrogens is 4. The summed E-state index contributed by atoms with van der Waals surface area (Å²) in [6, 6.07) is 1.06. The molecule has 2 N–H and O–H groups in total. The van der Waals surface area contributed by atoms with E-state index >= 15 is 0 Å².